The molecular formula is C36H31F2N3O4. The first-order valence-electron chi connectivity index (χ1n) is 15.3. The largest absolute Gasteiger partial charge is 0.482 e. The van der Waals surface area contributed by atoms with Crippen molar-refractivity contribution < 1.29 is 23.0 Å². The first-order chi connectivity index (χ1) is 22.0. The Hall–Kier alpha value is -4.76. The zero-order chi connectivity index (χ0) is 30.7. The quantitative estimate of drug-likeness (QED) is 0.295. The van der Waals surface area contributed by atoms with E-state index in [0.717, 1.165) is 35.1 Å². The summed E-state index contributed by atoms with van der Waals surface area (Å²) in [7, 11) is 0. The second kappa shape index (κ2) is 10.7. The van der Waals surface area contributed by atoms with Gasteiger partial charge in [-0.05, 0) is 65.1 Å². The number of rotatable bonds is 6. The van der Waals surface area contributed by atoms with Gasteiger partial charge in [0.25, 0.3) is 5.91 Å². The van der Waals surface area contributed by atoms with Crippen LogP contribution >= 0.6 is 0 Å². The number of hydrogen-bond donors (Lipinski definition) is 0. The maximum Gasteiger partial charge on any atom is 0.277 e. The Kier molecular flexibility index (Phi) is 6.60. The summed E-state index contributed by atoms with van der Waals surface area (Å²) in [5, 5.41) is 2.03. The number of hydrogen-bond acceptors (Lipinski definition) is 5. The number of amides is 1. The van der Waals surface area contributed by atoms with E-state index in [1.54, 1.807) is 27.9 Å². The van der Waals surface area contributed by atoms with Gasteiger partial charge < -0.3 is 14.4 Å². The van der Waals surface area contributed by atoms with E-state index in [9.17, 15) is 14.0 Å². The summed E-state index contributed by atoms with van der Waals surface area (Å²) in [6, 6.07) is 21.7. The Morgan fingerprint density at radius 1 is 0.911 bits per heavy atom. The minimum atomic E-state index is -1.05. The fourth-order valence-electron chi connectivity index (χ4n) is 7.52. The van der Waals surface area contributed by atoms with Gasteiger partial charge in [0.2, 0.25) is 5.43 Å². The van der Waals surface area contributed by atoms with E-state index in [2.05, 4.69) is 0 Å². The van der Waals surface area contributed by atoms with Crippen molar-refractivity contribution in [2.45, 2.75) is 31.4 Å². The van der Waals surface area contributed by atoms with Crippen LogP contribution in [0.15, 0.2) is 89.4 Å². The van der Waals surface area contributed by atoms with Crippen LogP contribution in [0.3, 0.4) is 0 Å². The molecule has 0 N–H and O–H groups in total. The zero-order valence-corrected chi connectivity index (χ0v) is 24.5. The van der Waals surface area contributed by atoms with Crippen molar-refractivity contribution in [1.29, 1.82) is 0 Å². The Balaban J connectivity index is 1.33. The first kappa shape index (κ1) is 27.8. The highest BCUT2D eigenvalue weighted by Crippen LogP contribution is 2.56. The number of benzene rings is 3. The minimum absolute atomic E-state index is 0.0373. The van der Waals surface area contributed by atoms with E-state index in [0.29, 0.717) is 31.7 Å². The molecule has 2 aliphatic heterocycles. The number of carbonyl (C=O) groups excluding carboxylic acids is 1. The van der Waals surface area contributed by atoms with E-state index in [-0.39, 0.29) is 42.1 Å². The Morgan fingerprint density at radius 3 is 2.51 bits per heavy atom. The molecule has 4 aromatic rings. The predicted molar refractivity (Wildman–Crippen MR) is 164 cm³/mol. The highest BCUT2D eigenvalue weighted by atomic mass is 19.2. The van der Waals surface area contributed by atoms with Crippen LogP contribution in [0.5, 0.6) is 5.75 Å². The number of ether oxygens (including phenoxy) is 2. The summed E-state index contributed by atoms with van der Waals surface area (Å²) in [4.78, 5) is 29.6. The molecule has 3 heterocycles. The molecule has 3 aromatic carbocycles. The molecule has 0 saturated carbocycles. The summed E-state index contributed by atoms with van der Waals surface area (Å²) in [6.45, 7) is 1.98. The molecule has 0 radical (unpaired) electrons. The average molecular weight is 608 g/mol. The van der Waals surface area contributed by atoms with E-state index in [1.165, 1.54) is 12.1 Å². The van der Waals surface area contributed by atoms with Gasteiger partial charge in [0.15, 0.2) is 23.1 Å². The number of halogens is 2. The monoisotopic (exact) mass is 607 g/mol. The summed E-state index contributed by atoms with van der Waals surface area (Å²) in [5.74, 6) is -1.94. The normalized spacial score (nSPS) is 20.4. The fourth-order valence-corrected chi connectivity index (χ4v) is 7.52. The zero-order valence-electron chi connectivity index (χ0n) is 24.5. The number of aromatic nitrogens is 1. The van der Waals surface area contributed by atoms with Gasteiger partial charge in [-0.25, -0.2) is 8.78 Å². The van der Waals surface area contributed by atoms with Crippen LogP contribution in [-0.4, -0.2) is 41.9 Å². The van der Waals surface area contributed by atoms with Crippen molar-refractivity contribution >= 4 is 12.0 Å². The fraction of sp³-hybridized carbons (Fsp3) is 0.278. The second-order valence-electron chi connectivity index (χ2n) is 12.1. The lowest BCUT2D eigenvalue weighted by molar-refractivity contribution is 0.0398. The molecule has 1 fully saturated rings. The number of pyridine rings is 1. The molecule has 1 aromatic heterocycles. The third kappa shape index (κ3) is 4.24. The maximum atomic E-state index is 15.5. The van der Waals surface area contributed by atoms with Gasteiger partial charge in [0.05, 0.1) is 0 Å². The Labute approximate surface area is 258 Å². The van der Waals surface area contributed by atoms with E-state index in [1.807, 2.05) is 59.6 Å². The van der Waals surface area contributed by atoms with Crippen LogP contribution in [0, 0.1) is 17.6 Å². The molecule has 1 unspecified atom stereocenters. The minimum Gasteiger partial charge on any atom is -0.482 e. The third-order valence-corrected chi connectivity index (χ3v) is 9.62. The van der Waals surface area contributed by atoms with Crippen LogP contribution in [-0.2, 0) is 23.3 Å². The molecule has 45 heavy (non-hydrogen) atoms. The van der Waals surface area contributed by atoms with Gasteiger partial charge in [0, 0.05) is 37.6 Å². The van der Waals surface area contributed by atoms with E-state index in [4.69, 9.17) is 9.47 Å². The predicted octanol–water partition coefficient (Wildman–Crippen LogP) is 5.38. The highest BCUT2D eigenvalue weighted by molar-refractivity contribution is 5.96. The highest BCUT2D eigenvalue weighted by Gasteiger charge is 2.56. The molecule has 1 amide bonds. The molecule has 0 bridgehead atoms. The van der Waals surface area contributed by atoms with Crippen LogP contribution < -0.4 is 15.2 Å². The van der Waals surface area contributed by atoms with Crippen molar-refractivity contribution in [2.75, 3.05) is 31.4 Å². The van der Waals surface area contributed by atoms with E-state index < -0.39 is 22.6 Å². The summed E-state index contributed by atoms with van der Waals surface area (Å²) in [5.41, 5.74) is 3.19. The van der Waals surface area contributed by atoms with Gasteiger partial charge in [-0.1, -0.05) is 60.7 Å². The standard InChI is InChI=1S/C36H31F2N3O4/c37-30-11-10-29-27(32(30)38)19-26-18-25-8-4-5-9-28(25)36(26,29)41-22-39(20-23-13-16-44-17-14-23)35(43)33-34(31(42)12-15-40(33)41)45-21-24-6-2-1-3-7-24/h1-12,15,19,23H,13-14,16-18,20-22H2. The van der Waals surface area contributed by atoms with Gasteiger partial charge in [-0.15, -0.1) is 0 Å². The maximum absolute atomic E-state index is 15.5. The van der Waals surface area contributed by atoms with Gasteiger partial charge in [-0.2, -0.15) is 0 Å². The van der Waals surface area contributed by atoms with Crippen LogP contribution in [0.2, 0.25) is 0 Å². The molecule has 1 atom stereocenters. The topological polar surface area (TPSA) is 64.0 Å². The molecule has 2 aliphatic carbocycles. The van der Waals surface area contributed by atoms with Crippen LogP contribution in [0.25, 0.3) is 6.08 Å². The molecule has 7 nitrogen and oxygen atoms in total. The molecule has 0 spiro atoms. The van der Waals surface area contributed by atoms with Gasteiger partial charge in [-0.3, -0.25) is 19.3 Å². The van der Waals surface area contributed by atoms with Crippen molar-refractivity contribution in [3.05, 3.63) is 140 Å². The van der Waals surface area contributed by atoms with Crippen molar-refractivity contribution in [3.8, 4) is 5.75 Å². The molecular weight excluding hydrogens is 576 g/mol. The van der Waals surface area contributed by atoms with Gasteiger partial charge in [0.1, 0.15) is 18.8 Å². The van der Waals surface area contributed by atoms with Crippen molar-refractivity contribution in [3.63, 3.8) is 0 Å². The van der Waals surface area contributed by atoms with E-state index >= 15 is 4.39 Å². The summed E-state index contributed by atoms with van der Waals surface area (Å²) >= 11 is 0. The number of carbonyl (C=O) groups is 1. The van der Waals surface area contributed by atoms with Crippen LogP contribution in [0.1, 0.15) is 51.1 Å². The third-order valence-electron chi connectivity index (χ3n) is 9.62. The lowest BCUT2D eigenvalue weighted by Crippen LogP contribution is -2.63. The van der Waals surface area contributed by atoms with Gasteiger partial charge >= 0.3 is 0 Å². The number of nitrogens with zero attached hydrogens (tertiary/aromatic N) is 3. The Morgan fingerprint density at radius 2 is 1.69 bits per heavy atom. The second-order valence-corrected chi connectivity index (χ2v) is 12.1. The van der Waals surface area contributed by atoms with Crippen LogP contribution in [0.4, 0.5) is 8.78 Å². The summed E-state index contributed by atoms with van der Waals surface area (Å²) in [6.07, 6.45) is 5.51. The SMILES string of the molecule is O=C1c2c(OCc3ccccc3)c(=O)ccn2N(C23C(=Cc4c2ccc(F)c4F)Cc2ccccc23)CN1CC1CCOCC1. The lowest BCUT2D eigenvalue weighted by Gasteiger charge is -2.50. The molecule has 9 heteroatoms. The summed E-state index contributed by atoms with van der Waals surface area (Å²) < 4.78 is 43.5. The smallest absolute Gasteiger partial charge is 0.277 e. The number of fused-ring (bicyclic) bond motifs is 6. The molecule has 4 aliphatic rings. The molecule has 228 valence electrons. The molecule has 1 saturated heterocycles. The lowest BCUT2D eigenvalue weighted by atomic mass is 9.83. The van der Waals surface area contributed by atoms with Crippen molar-refractivity contribution in [2.24, 2.45) is 5.92 Å². The molecule has 8 rings (SSSR count). The first-order valence-corrected chi connectivity index (χ1v) is 15.3. The van der Waals surface area contributed by atoms with Crippen molar-refractivity contribution in [1.82, 2.24) is 9.58 Å². The average Bonchev–Trinajstić information content (AvgIpc) is 3.56. The Bertz CT molecular complexity index is 1920.